The van der Waals surface area contributed by atoms with Crippen LogP contribution in [0.25, 0.3) is 97.7 Å². The number of fused-ring (bicyclic) bond motifs is 9. The third-order valence-electron chi connectivity index (χ3n) is 10.6. The van der Waals surface area contributed by atoms with Gasteiger partial charge in [0.2, 0.25) is 0 Å². The molecule has 0 atom stereocenters. The van der Waals surface area contributed by atoms with Gasteiger partial charge in [-0.3, -0.25) is 4.57 Å². The van der Waals surface area contributed by atoms with Gasteiger partial charge in [-0.15, -0.1) is 11.3 Å². The van der Waals surface area contributed by atoms with E-state index in [4.69, 9.17) is 9.97 Å². The van der Waals surface area contributed by atoms with Crippen LogP contribution in [-0.4, -0.2) is 19.1 Å². The highest BCUT2D eigenvalue weighted by Gasteiger charge is 2.20. The van der Waals surface area contributed by atoms with Crippen LogP contribution in [0.4, 0.5) is 0 Å². The Morgan fingerprint density at radius 2 is 1.08 bits per heavy atom. The van der Waals surface area contributed by atoms with Gasteiger partial charge in [-0.2, -0.15) is 0 Å². The van der Waals surface area contributed by atoms with Crippen molar-refractivity contribution < 1.29 is 0 Å². The van der Waals surface area contributed by atoms with E-state index in [-0.39, 0.29) is 0 Å². The molecule has 0 N–H and O–H groups in total. The molecule has 250 valence electrons. The second kappa shape index (κ2) is 11.7. The minimum absolute atomic E-state index is 0.852. The van der Waals surface area contributed by atoms with E-state index >= 15 is 0 Å². The second-order valence-corrected chi connectivity index (χ2v) is 14.7. The number of hydrogen-bond donors (Lipinski definition) is 0. The molecule has 0 fully saturated rings. The summed E-state index contributed by atoms with van der Waals surface area (Å²) in [5.41, 5.74) is 12.1. The maximum absolute atomic E-state index is 5.46. The lowest BCUT2D eigenvalue weighted by Crippen LogP contribution is -2.00. The highest BCUT2D eigenvalue weighted by molar-refractivity contribution is 7.26. The van der Waals surface area contributed by atoms with E-state index in [2.05, 4.69) is 180 Å². The Labute approximate surface area is 309 Å². The van der Waals surface area contributed by atoms with Crippen LogP contribution in [0, 0.1) is 0 Å². The first-order chi connectivity index (χ1) is 26.2. The third-order valence-corrected chi connectivity index (χ3v) is 11.9. The van der Waals surface area contributed by atoms with Crippen molar-refractivity contribution >= 4 is 75.3 Å². The first-order valence-corrected chi connectivity index (χ1v) is 19.0. The monoisotopic (exact) mass is 696 g/mol. The molecule has 0 unspecified atom stereocenters. The second-order valence-electron chi connectivity index (χ2n) is 13.7. The molecule has 4 aromatic heterocycles. The summed E-state index contributed by atoms with van der Waals surface area (Å²) in [4.78, 5) is 10.4. The van der Waals surface area contributed by atoms with Gasteiger partial charge in [0.05, 0.1) is 33.3 Å². The average Bonchev–Trinajstić information content (AvgIpc) is 3.91. The van der Waals surface area contributed by atoms with Gasteiger partial charge in [-0.25, -0.2) is 9.97 Å². The number of aryl methyl sites for hydroxylation is 1. The summed E-state index contributed by atoms with van der Waals surface area (Å²) < 4.78 is 7.26. The lowest BCUT2D eigenvalue weighted by Gasteiger charge is -2.15. The molecule has 0 aliphatic rings. The average molecular weight is 697 g/mol. The van der Waals surface area contributed by atoms with Crippen LogP contribution in [-0.2, 0) is 6.42 Å². The fourth-order valence-electron chi connectivity index (χ4n) is 8.27. The van der Waals surface area contributed by atoms with Gasteiger partial charge in [0.1, 0.15) is 5.82 Å². The fraction of sp³-hybridized carbons (Fsp3) is 0.0417. The molecule has 0 amide bonds. The first kappa shape index (κ1) is 30.1. The van der Waals surface area contributed by atoms with Crippen molar-refractivity contribution in [3.8, 4) is 33.8 Å². The third kappa shape index (κ3) is 4.61. The van der Waals surface area contributed by atoms with Crippen LogP contribution in [0.3, 0.4) is 0 Å². The maximum atomic E-state index is 5.46. The summed E-state index contributed by atoms with van der Waals surface area (Å²) in [5.74, 6) is 1.06. The molecule has 11 rings (SSSR count). The Kier molecular flexibility index (Phi) is 6.67. The minimum atomic E-state index is 0.852. The summed E-state index contributed by atoms with van der Waals surface area (Å²) in [6.45, 7) is 2.17. The molecular weight excluding hydrogens is 665 g/mol. The Balaban J connectivity index is 1.19. The number of hydrogen-bond acceptors (Lipinski definition) is 3. The normalized spacial score (nSPS) is 11.9. The standard InChI is InChI=1S/C48H32N4S/c1-2-45-49-40-18-8-11-21-43(40)52(45)33-25-23-30(24-26-33)31-27-32(29-34(28-31)51-41-19-9-4-13-35(41)36-14-5-10-20-42(36)51)47-46-38-16-6-12-22-44(38)53-48(46)37-15-3-7-17-39(37)50-47/h3-29H,2H2,1H3. The molecule has 0 aliphatic heterocycles. The molecule has 53 heavy (non-hydrogen) atoms. The molecule has 0 bridgehead atoms. The first-order valence-electron chi connectivity index (χ1n) is 18.1. The summed E-state index contributed by atoms with van der Waals surface area (Å²) in [6.07, 6.45) is 0.852. The van der Waals surface area contributed by atoms with Gasteiger partial charge in [0.25, 0.3) is 0 Å². The van der Waals surface area contributed by atoms with Crippen molar-refractivity contribution in [2.75, 3.05) is 0 Å². The number of pyridine rings is 1. The number of rotatable bonds is 5. The number of thiophene rings is 1. The Hall–Kier alpha value is -6.56. The van der Waals surface area contributed by atoms with E-state index in [9.17, 15) is 0 Å². The van der Waals surface area contributed by atoms with Crippen molar-refractivity contribution in [3.05, 3.63) is 170 Å². The molecule has 0 aliphatic carbocycles. The molecule has 0 radical (unpaired) electrons. The van der Waals surface area contributed by atoms with Crippen LogP contribution < -0.4 is 0 Å². The lowest BCUT2D eigenvalue weighted by molar-refractivity contribution is 0.908. The molecule has 0 saturated heterocycles. The van der Waals surface area contributed by atoms with E-state index in [1.165, 1.54) is 47.4 Å². The number of benzene rings is 7. The fourth-order valence-corrected chi connectivity index (χ4v) is 9.50. The zero-order chi connectivity index (χ0) is 35.0. The lowest BCUT2D eigenvalue weighted by atomic mass is 9.97. The zero-order valence-corrected chi connectivity index (χ0v) is 29.8. The molecule has 0 spiro atoms. The van der Waals surface area contributed by atoms with Gasteiger partial charge in [0, 0.05) is 59.7 Å². The van der Waals surface area contributed by atoms with Gasteiger partial charge in [-0.05, 0) is 77.9 Å². The predicted molar refractivity (Wildman–Crippen MR) is 224 cm³/mol. The topological polar surface area (TPSA) is 35.6 Å². The van der Waals surface area contributed by atoms with E-state index < -0.39 is 0 Å². The molecule has 0 saturated carbocycles. The van der Waals surface area contributed by atoms with E-state index in [0.717, 1.165) is 62.6 Å². The van der Waals surface area contributed by atoms with E-state index in [1.807, 2.05) is 11.3 Å². The predicted octanol–water partition coefficient (Wildman–Crippen LogP) is 12.9. The molecule has 4 heterocycles. The van der Waals surface area contributed by atoms with Crippen LogP contribution in [0.5, 0.6) is 0 Å². The molecule has 7 aromatic carbocycles. The van der Waals surface area contributed by atoms with Crippen molar-refractivity contribution in [1.82, 2.24) is 19.1 Å². The Morgan fingerprint density at radius 3 is 1.81 bits per heavy atom. The molecule has 4 nitrogen and oxygen atoms in total. The Bertz CT molecular complexity index is 3160. The number of nitrogens with zero attached hydrogens (tertiary/aromatic N) is 4. The quantitative estimate of drug-likeness (QED) is 0.180. The molecule has 11 aromatic rings. The summed E-state index contributed by atoms with van der Waals surface area (Å²) in [6, 6.07) is 59.1. The molecule has 5 heteroatoms. The van der Waals surface area contributed by atoms with E-state index in [1.54, 1.807) is 0 Å². The van der Waals surface area contributed by atoms with Crippen LogP contribution >= 0.6 is 11.3 Å². The van der Waals surface area contributed by atoms with E-state index in [0.29, 0.717) is 0 Å². The summed E-state index contributed by atoms with van der Waals surface area (Å²) in [5, 5.41) is 6.14. The van der Waals surface area contributed by atoms with Gasteiger partial charge >= 0.3 is 0 Å². The number of aromatic nitrogens is 4. The number of para-hydroxylation sites is 5. The SMILES string of the molecule is CCc1nc2ccccc2n1-c1ccc(-c2cc(-c3nc4ccccc4c4sc5ccccc5c34)cc(-n3c4ccccc4c4ccccc43)c2)cc1. The zero-order valence-electron chi connectivity index (χ0n) is 29.0. The molecular formula is C48H32N4S. The van der Waals surface area contributed by atoms with Gasteiger partial charge in [0.15, 0.2) is 0 Å². The van der Waals surface area contributed by atoms with Gasteiger partial charge < -0.3 is 4.57 Å². The van der Waals surface area contributed by atoms with Crippen LogP contribution in [0.2, 0.25) is 0 Å². The summed E-state index contributed by atoms with van der Waals surface area (Å²) in [7, 11) is 0. The smallest absolute Gasteiger partial charge is 0.114 e. The van der Waals surface area contributed by atoms with Crippen molar-refractivity contribution in [2.45, 2.75) is 13.3 Å². The van der Waals surface area contributed by atoms with Crippen LogP contribution in [0.1, 0.15) is 12.7 Å². The Morgan fingerprint density at radius 1 is 0.472 bits per heavy atom. The number of imidazole rings is 1. The van der Waals surface area contributed by atoms with Crippen molar-refractivity contribution in [1.29, 1.82) is 0 Å². The van der Waals surface area contributed by atoms with Crippen molar-refractivity contribution in [3.63, 3.8) is 0 Å². The van der Waals surface area contributed by atoms with Crippen molar-refractivity contribution in [2.24, 2.45) is 0 Å². The highest BCUT2D eigenvalue weighted by atomic mass is 32.1. The van der Waals surface area contributed by atoms with Crippen LogP contribution in [0.15, 0.2) is 164 Å². The largest absolute Gasteiger partial charge is 0.309 e. The highest BCUT2D eigenvalue weighted by Crippen LogP contribution is 2.44. The maximum Gasteiger partial charge on any atom is 0.114 e. The summed E-state index contributed by atoms with van der Waals surface area (Å²) >= 11 is 1.86. The minimum Gasteiger partial charge on any atom is -0.309 e. The van der Waals surface area contributed by atoms with Gasteiger partial charge in [-0.1, -0.05) is 104 Å².